The molecule has 0 saturated heterocycles. The minimum atomic E-state index is 0.141. The second-order valence-corrected chi connectivity index (χ2v) is 4.34. The fourth-order valence-corrected chi connectivity index (χ4v) is 1.43. The van der Waals surface area contributed by atoms with Gasteiger partial charge in [0, 0.05) is 0 Å². The van der Waals surface area contributed by atoms with E-state index in [2.05, 4.69) is 37.6 Å². The predicted molar refractivity (Wildman–Crippen MR) is 40.4 cm³/mol. The second kappa shape index (κ2) is 2.37. The standard InChI is InChI=1S/C7H10P/c1-8(2)7-5-3-4-6-7/h3-6H,1-2H3/q-1. The molecule has 1 aromatic carbocycles. The van der Waals surface area contributed by atoms with Crippen LogP contribution in [0, 0.1) is 0 Å². The Balaban J connectivity index is 2.77. The maximum atomic E-state index is 2.27. The van der Waals surface area contributed by atoms with Crippen LogP contribution < -0.4 is 5.30 Å². The Labute approximate surface area is 51.7 Å². The molecule has 0 unspecified atom stereocenters. The van der Waals surface area contributed by atoms with Gasteiger partial charge in [-0.3, -0.25) is 0 Å². The molecule has 1 aromatic rings. The normalized spacial score (nSPS) is 10.4. The summed E-state index contributed by atoms with van der Waals surface area (Å²) in [4.78, 5) is 0. The highest BCUT2D eigenvalue weighted by Gasteiger charge is 1.83. The van der Waals surface area contributed by atoms with Gasteiger partial charge >= 0.3 is 0 Å². The Kier molecular flexibility index (Phi) is 1.75. The van der Waals surface area contributed by atoms with Crippen molar-refractivity contribution in [2.75, 3.05) is 13.3 Å². The van der Waals surface area contributed by atoms with Crippen LogP contribution in [0.4, 0.5) is 0 Å². The van der Waals surface area contributed by atoms with Crippen LogP contribution in [0.2, 0.25) is 0 Å². The quantitative estimate of drug-likeness (QED) is 0.396. The predicted octanol–water partition coefficient (Wildman–Crippen LogP) is 1.77. The number of hydrogen-bond donors (Lipinski definition) is 0. The lowest BCUT2D eigenvalue weighted by Crippen LogP contribution is -1.90. The minimum Gasteiger partial charge on any atom is -0.206 e. The van der Waals surface area contributed by atoms with E-state index in [-0.39, 0.29) is 7.92 Å². The molecule has 0 N–H and O–H groups in total. The maximum Gasteiger partial charge on any atom is -0.0521 e. The lowest BCUT2D eigenvalue weighted by Gasteiger charge is -2.07. The Hall–Kier alpha value is -0.220. The summed E-state index contributed by atoms with van der Waals surface area (Å²) in [5, 5.41) is 1.50. The fraction of sp³-hybridized carbons (Fsp3) is 0.286. The highest BCUT2D eigenvalue weighted by molar-refractivity contribution is 7.64. The van der Waals surface area contributed by atoms with E-state index in [4.69, 9.17) is 0 Å². The van der Waals surface area contributed by atoms with Crippen molar-refractivity contribution in [1.29, 1.82) is 0 Å². The molecule has 0 aliphatic carbocycles. The van der Waals surface area contributed by atoms with Gasteiger partial charge in [-0.2, -0.15) is 31.4 Å². The SMILES string of the molecule is CP(C)c1cc[cH-]c1. The molecule has 0 atom stereocenters. The summed E-state index contributed by atoms with van der Waals surface area (Å²) < 4.78 is 0. The van der Waals surface area contributed by atoms with Crippen molar-refractivity contribution in [3.8, 4) is 0 Å². The van der Waals surface area contributed by atoms with Crippen molar-refractivity contribution >= 4 is 13.2 Å². The van der Waals surface area contributed by atoms with Crippen LogP contribution in [-0.2, 0) is 0 Å². The van der Waals surface area contributed by atoms with Gasteiger partial charge < -0.3 is 0 Å². The molecule has 44 valence electrons. The molecule has 0 aliphatic rings. The number of hydrogen-bond acceptors (Lipinski definition) is 0. The maximum absolute atomic E-state index is 2.27. The first-order valence-corrected chi connectivity index (χ1v) is 4.93. The first kappa shape index (κ1) is 5.91. The van der Waals surface area contributed by atoms with Crippen LogP contribution in [-0.4, -0.2) is 13.3 Å². The van der Waals surface area contributed by atoms with Crippen molar-refractivity contribution in [2.24, 2.45) is 0 Å². The van der Waals surface area contributed by atoms with Crippen LogP contribution in [0.25, 0.3) is 0 Å². The van der Waals surface area contributed by atoms with Gasteiger partial charge in [0.2, 0.25) is 0 Å². The third-order valence-electron chi connectivity index (χ3n) is 1.16. The zero-order chi connectivity index (χ0) is 5.98. The van der Waals surface area contributed by atoms with E-state index in [0.29, 0.717) is 0 Å². The molecule has 0 aromatic heterocycles. The van der Waals surface area contributed by atoms with Crippen LogP contribution in [0.1, 0.15) is 0 Å². The summed E-state index contributed by atoms with van der Waals surface area (Å²) in [7, 11) is 0.141. The molecule has 0 bridgehead atoms. The number of rotatable bonds is 1. The molecule has 0 saturated carbocycles. The van der Waals surface area contributed by atoms with Crippen LogP contribution in [0.3, 0.4) is 0 Å². The molecule has 1 rings (SSSR count). The summed E-state index contributed by atoms with van der Waals surface area (Å²) in [5.41, 5.74) is 0. The lowest BCUT2D eigenvalue weighted by molar-refractivity contribution is 2.03. The highest BCUT2D eigenvalue weighted by atomic mass is 31.1. The third kappa shape index (κ3) is 1.14. The largest absolute Gasteiger partial charge is 0.206 e. The second-order valence-electron chi connectivity index (χ2n) is 2.04. The average molecular weight is 125 g/mol. The van der Waals surface area contributed by atoms with Gasteiger partial charge in [0.15, 0.2) is 0 Å². The molecule has 8 heavy (non-hydrogen) atoms. The van der Waals surface area contributed by atoms with Gasteiger partial charge in [-0.25, -0.2) is 6.07 Å². The minimum absolute atomic E-state index is 0.141. The molecule has 0 nitrogen and oxygen atoms in total. The van der Waals surface area contributed by atoms with Crippen molar-refractivity contribution in [1.82, 2.24) is 0 Å². The van der Waals surface area contributed by atoms with E-state index >= 15 is 0 Å². The van der Waals surface area contributed by atoms with Gasteiger partial charge in [-0.05, 0) is 0 Å². The van der Waals surface area contributed by atoms with E-state index in [1.165, 1.54) is 5.30 Å². The first-order valence-electron chi connectivity index (χ1n) is 2.70. The summed E-state index contributed by atoms with van der Waals surface area (Å²) in [6.07, 6.45) is 0. The monoisotopic (exact) mass is 125 g/mol. The van der Waals surface area contributed by atoms with Crippen molar-refractivity contribution in [3.63, 3.8) is 0 Å². The molecule has 1 heteroatoms. The highest BCUT2D eigenvalue weighted by Crippen LogP contribution is 2.22. The molecule has 0 radical (unpaired) electrons. The van der Waals surface area contributed by atoms with Gasteiger partial charge in [0.05, 0.1) is 0 Å². The molecule has 0 amide bonds. The summed E-state index contributed by atoms with van der Waals surface area (Å²) >= 11 is 0. The molecule has 0 heterocycles. The van der Waals surface area contributed by atoms with Gasteiger partial charge in [0.1, 0.15) is 0 Å². The average Bonchev–Trinajstić information content (AvgIpc) is 2.12. The van der Waals surface area contributed by atoms with Gasteiger partial charge in [0.25, 0.3) is 0 Å². The van der Waals surface area contributed by atoms with E-state index in [9.17, 15) is 0 Å². The molecule has 0 aliphatic heterocycles. The Morgan fingerprint density at radius 2 is 2.25 bits per heavy atom. The van der Waals surface area contributed by atoms with E-state index in [1.807, 2.05) is 0 Å². The summed E-state index contributed by atoms with van der Waals surface area (Å²) in [5.74, 6) is 0. The molecule has 0 spiro atoms. The Morgan fingerprint density at radius 3 is 2.50 bits per heavy atom. The van der Waals surface area contributed by atoms with Crippen molar-refractivity contribution in [2.45, 2.75) is 0 Å². The van der Waals surface area contributed by atoms with E-state index in [0.717, 1.165) is 0 Å². The van der Waals surface area contributed by atoms with Gasteiger partial charge in [-0.15, -0.1) is 0 Å². The van der Waals surface area contributed by atoms with Crippen molar-refractivity contribution < 1.29 is 0 Å². The summed E-state index contributed by atoms with van der Waals surface area (Å²) in [6, 6.07) is 8.56. The zero-order valence-electron chi connectivity index (χ0n) is 5.26. The third-order valence-corrected chi connectivity index (χ3v) is 2.49. The Morgan fingerprint density at radius 1 is 1.50 bits per heavy atom. The molecule has 0 fully saturated rings. The fourth-order valence-electron chi connectivity index (χ4n) is 0.662. The van der Waals surface area contributed by atoms with Gasteiger partial charge in [-0.1, -0.05) is 13.3 Å². The van der Waals surface area contributed by atoms with E-state index in [1.54, 1.807) is 0 Å². The van der Waals surface area contributed by atoms with Crippen LogP contribution in [0.5, 0.6) is 0 Å². The Bertz CT molecular complexity index is 139. The van der Waals surface area contributed by atoms with Crippen molar-refractivity contribution in [3.05, 3.63) is 24.3 Å². The molecular formula is C7H10P-. The lowest BCUT2D eigenvalue weighted by atomic mass is 10.7. The first-order chi connectivity index (χ1) is 3.80. The molecular weight excluding hydrogens is 115 g/mol. The topological polar surface area (TPSA) is 0 Å². The zero-order valence-corrected chi connectivity index (χ0v) is 6.15. The summed E-state index contributed by atoms with van der Waals surface area (Å²) in [6.45, 7) is 4.54. The van der Waals surface area contributed by atoms with Crippen LogP contribution in [0.15, 0.2) is 24.3 Å². The van der Waals surface area contributed by atoms with Crippen LogP contribution >= 0.6 is 7.92 Å². The smallest absolute Gasteiger partial charge is 0.0521 e. The van der Waals surface area contributed by atoms with E-state index < -0.39 is 0 Å².